The van der Waals surface area contributed by atoms with Crippen molar-refractivity contribution in [1.82, 2.24) is 9.55 Å². The van der Waals surface area contributed by atoms with Crippen molar-refractivity contribution >= 4 is 33.4 Å². The fourth-order valence-electron chi connectivity index (χ4n) is 2.94. The maximum absolute atomic E-state index is 12.3. The van der Waals surface area contributed by atoms with Gasteiger partial charge in [-0.2, -0.15) is 0 Å². The first-order valence-electron chi connectivity index (χ1n) is 7.61. The topological polar surface area (TPSA) is 49.8 Å². The highest BCUT2D eigenvalue weighted by Crippen LogP contribution is 2.19. The van der Waals surface area contributed by atoms with Gasteiger partial charge in [0.15, 0.2) is 0 Å². The highest BCUT2D eigenvalue weighted by Gasteiger charge is 2.07. The summed E-state index contributed by atoms with van der Waals surface area (Å²) in [5, 5.41) is 5.25. The highest BCUT2D eigenvalue weighted by molar-refractivity contribution is 5.94. The summed E-state index contributed by atoms with van der Waals surface area (Å²) >= 11 is 0. The van der Waals surface area contributed by atoms with Crippen LogP contribution in [0.3, 0.4) is 0 Å². The normalized spacial score (nSPS) is 11.2. The van der Waals surface area contributed by atoms with Gasteiger partial charge in [-0.15, -0.1) is 0 Å². The molecule has 4 heteroatoms. The molecule has 0 aliphatic heterocycles. The Balaban J connectivity index is 1.54. The van der Waals surface area contributed by atoms with E-state index in [-0.39, 0.29) is 5.91 Å². The first kappa shape index (κ1) is 13.6. The number of benzene rings is 2. The Morgan fingerprint density at radius 3 is 2.91 bits per heavy atom. The number of amides is 1. The lowest BCUT2D eigenvalue weighted by molar-refractivity contribution is -0.116. The van der Waals surface area contributed by atoms with Crippen LogP contribution >= 0.6 is 0 Å². The number of H-pyrrole nitrogens is 1. The molecule has 0 aliphatic carbocycles. The summed E-state index contributed by atoms with van der Waals surface area (Å²) in [6.07, 6.45) is 3.85. The van der Waals surface area contributed by atoms with Crippen LogP contribution in [-0.2, 0) is 11.3 Å². The molecule has 2 heterocycles. The fourth-order valence-corrected chi connectivity index (χ4v) is 2.94. The molecule has 0 saturated heterocycles. The van der Waals surface area contributed by atoms with Gasteiger partial charge in [0.25, 0.3) is 0 Å². The molecular weight excluding hydrogens is 286 g/mol. The van der Waals surface area contributed by atoms with Gasteiger partial charge in [0.05, 0.1) is 0 Å². The van der Waals surface area contributed by atoms with Crippen LogP contribution in [0.15, 0.2) is 60.9 Å². The van der Waals surface area contributed by atoms with Gasteiger partial charge < -0.3 is 14.9 Å². The van der Waals surface area contributed by atoms with Gasteiger partial charge in [0.1, 0.15) is 6.54 Å². The number of carbonyl (C=O) groups is 1. The molecule has 0 unspecified atom stereocenters. The Morgan fingerprint density at radius 2 is 2.00 bits per heavy atom. The maximum atomic E-state index is 12.3. The summed E-state index contributed by atoms with van der Waals surface area (Å²) < 4.78 is 1.97. The van der Waals surface area contributed by atoms with Crippen LogP contribution in [0.1, 0.15) is 5.56 Å². The SMILES string of the molecule is Cc1ccc2c(ccn2CC(=O)Nc2ccc3cc[nH]c3c2)c1. The van der Waals surface area contributed by atoms with Crippen molar-refractivity contribution < 1.29 is 4.79 Å². The molecule has 0 aliphatic rings. The highest BCUT2D eigenvalue weighted by atomic mass is 16.1. The van der Waals surface area contributed by atoms with Crippen LogP contribution < -0.4 is 5.32 Å². The molecule has 0 bridgehead atoms. The Hall–Kier alpha value is -3.01. The molecule has 2 aromatic heterocycles. The second kappa shape index (κ2) is 5.32. The molecular formula is C19H17N3O. The molecule has 4 rings (SSSR count). The zero-order valence-electron chi connectivity index (χ0n) is 12.8. The van der Waals surface area contributed by atoms with E-state index in [4.69, 9.17) is 0 Å². The molecule has 114 valence electrons. The number of hydrogen-bond donors (Lipinski definition) is 2. The van der Waals surface area contributed by atoms with Gasteiger partial charge in [-0.3, -0.25) is 4.79 Å². The van der Waals surface area contributed by atoms with Crippen molar-refractivity contribution in [2.75, 3.05) is 5.32 Å². The number of aryl methyl sites for hydroxylation is 1. The standard InChI is InChI=1S/C19H17N3O/c1-13-2-5-18-15(10-13)7-9-22(18)12-19(23)21-16-4-3-14-6-8-20-17(14)11-16/h2-11,20H,12H2,1H3,(H,21,23). The predicted molar refractivity (Wildman–Crippen MR) is 93.6 cm³/mol. The summed E-state index contributed by atoms with van der Waals surface area (Å²) in [5.41, 5.74) is 4.12. The van der Waals surface area contributed by atoms with Gasteiger partial charge in [0.2, 0.25) is 5.91 Å². The largest absolute Gasteiger partial charge is 0.361 e. The van der Waals surface area contributed by atoms with Crippen LogP contribution in [0.4, 0.5) is 5.69 Å². The third-order valence-corrected chi connectivity index (χ3v) is 4.08. The Bertz CT molecular complexity index is 1010. The molecule has 4 aromatic rings. The minimum Gasteiger partial charge on any atom is -0.361 e. The lowest BCUT2D eigenvalue weighted by Crippen LogP contribution is -2.18. The van der Waals surface area contributed by atoms with Crippen molar-refractivity contribution in [3.8, 4) is 0 Å². The van der Waals surface area contributed by atoms with E-state index in [1.54, 1.807) is 0 Å². The maximum Gasteiger partial charge on any atom is 0.244 e. The van der Waals surface area contributed by atoms with Crippen molar-refractivity contribution in [3.05, 3.63) is 66.5 Å². The fraction of sp³-hybridized carbons (Fsp3) is 0.105. The van der Waals surface area contributed by atoms with E-state index in [0.717, 1.165) is 27.5 Å². The zero-order valence-corrected chi connectivity index (χ0v) is 12.8. The molecule has 1 amide bonds. The Kier molecular flexibility index (Phi) is 3.15. The monoisotopic (exact) mass is 303 g/mol. The van der Waals surface area contributed by atoms with Gasteiger partial charge in [-0.05, 0) is 54.1 Å². The number of rotatable bonds is 3. The molecule has 0 spiro atoms. The zero-order chi connectivity index (χ0) is 15.8. The number of fused-ring (bicyclic) bond motifs is 2. The second-order valence-corrected chi connectivity index (χ2v) is 5.83. The van der Waals surface area contributed by atoms with E-state index < -0.39 is 0 Å². The smallest absolute Gasteiger partial charge is 0.244 e. The van der Waals surface area contributed by atoms with E-state index in [1.807, 2.05) is 47.3 Å². The molecule has 0 radical (unpaired) electrons. The molecule has 0 saturated carbocycles. The second-order valence-electron chi connectivity index (χ2n) is 5.83. The number of aromatic nitrogens is 2. The van der Waals surface area contributed by atoms with Crippen LogP contribution in [0.2, 0.25) is 0 Å². The van der Waals surface area contributed by atoms with Gasteiger partial charge >= 0.3 is 0 Å². The summed E-state index contributed by atoms with van der Waals surface area (Å²) in [4.78, 5) is 15.5. The summed E-state index contributed by atoms with van der Waals surface area (Å²) in [5.74, 6) is -0.0334. The van der Waals surface area contributed by atoms with E-state index in [0.29, 0.717) is 6.54 Å². The summed E-state index contributed by atoms with van der Waals surface area (Å²) in [6, 6.07) is 16.2. The first-order valence-corrected chi connectivity index (χ1v) is 7.61. The molecule has 0 atom stereocenters. The van der Waals surface area contributed by atoms with Crippen molar-refractivity contribution in [2.45, 2.75) is 13.5 Å². The van der Waals surface area contributed by atoms with Crippen molar-refractivity contribution in [3.63, 3.8) is 0 Å². The minimum atomic E-state index is -0.0334. The number of anilines is 1. The van der Waals surface area contributed by atoms with Gasteiger partial charge in [-0.25, -0.2) is 0 Å². The van der Waals surface area contributed by atoms with Gasteiger partial charge in [0, 0.05) is 29.1 Å². The average Bonchev–Trinajstić information content (AvgIpc) is 3.13. The summed E-state index contributed by atoms with van der Waals surface area (Å²) in [7, 11) is 0. The van der Waals surface area contributed by atoms with E-state index in [2.05, 4.69) is 35.4 Å². The van der Waals surface area contributed by atoms with Crippen LogP contribution in [0.25, 0.3) is 21.8 Å². The average molecular weight is 303 g/mol. The number of carbonyl (C=O) groups excluding carboxylic acids is 1. The van der Waals surface area contributed by atoms with Crippen LogP contribution in [0.5, 0.6) is 0 Å². The quantitative estimate of drug-likeness (QED) is 0.589. The number of aromatic amines is 1. The number of nitrogens with one attached hydrogen (secondary N) is 2. The van der Waals surface area contributed by atoms with Gasteiger partial charge in [-0.1, -0.05) is 17.7 Å². The third-order valence-electron chi connectivity index (χ3n) is 4.08. The number of hydrogen-bond acceptors (Lipinski definition) is 1. The Labute approximate surface area is 133 Å². The van der Waals surface area contributed by atoms with Crippen molar-refractivity contribution in [1.29, 1.82) is 0 Å². The van der Waals surface area contributed by atoms with E-state index >= 15 is 0 Å². The molecule has 0 fully saturated rings. The van der Waals surface area contributed by atoms with E-state index in [1.165, 1.54) is 5.56 Å². The molecule has 4 nitrogen and oxygen atoms in total. The number of nitrogens with zero attached hydrogens (tertiary/aromatic N) is 1. The first-order chi connectivity index (χ1) is 11.2. The lowest BCUT2D eigenvalue weighted by atomic mass is 10.2. The Morgan fingerprint density at radius 1 is 1.09 bits per heavy atom. The van der Waals surface area contributed by atoms with Crippen LogP contribution in [-0.4, -0.2) is 15.5 Å². The minimum absolute atomic E-state index is 0.0334. The molecule has 2 aromatic carbocycles. The molecule has 2 N–H and O–H groups in total. The summed E-state index contributed by atoms with van der Waals surface area (Å²) in [6.45, 7) is 2.37. The third kappa shape index (κ3) is 2.59. The van der Waals surface area contributed by atoms with E-state index in [9.17, 15) is 4.79 Å². The van der Waals surface area contributed by atoms with Crippen LogP contribution in [0, 0.1) is 6.92 Å². The molecule has 23 heavy (non-hydrogen) atoms. The predicted octanol–water partition coefficient (Wildman–Crippen LogP) is 4.07. The van der Waals surface area contributed by atoms with Crippen molar-refractivity contribution in [2.24, 2.45) is 0 Å². The lowest BCUT2D eigenvalue weighted by Gasteiger charge is -2.08.